The molecule has 2 aromatic heterocycles. The van der Waals surface area contributed by atoms with E-state index in [2.05, 4.69) is 15.0 Å². The fourth-order valence-corrected chi connectivity index (χ4v) is 1.67. The van der Waals surface area contributed by atoms with Gasteiger partial charge in [-0.2, -0.15) is 0 Å². The van der Waals surface area contributed by atoms with Crippen molar-refractivity contribution in [2.75, 3.05) is 0 Å². The number of aryl methyl sites for hydroxylation is 1. The van der Waals surface area contributed by atoms with Crippen LogP contribution in [0.15, 0.2) is 24.5 Å². The lowest BCUT2D eigenvalue weighted by molar-refractivity contribution is 0.934. The molecular weight excluding hydrogens is 222 g/mol. The molecule has 0 aliphatic rings. The van der Waals surface area contributed by atoms with E-state index in [4.69, 9.17) is 11.6 Å². The Balaban J connectivity index is 2.60. The van der Waals surface area contributed by atoms with Crippen LogP contribution >= 0.6 is 11.6 Å². The molecule has 3 nitrogen and oxygen atoms in total. The van der Waals surface area contributed by atoms with Gasteiger partial charge in [0.25, 0.3) is 0 Å². The molecule has 0 saturated carbocycles. The third-order valence-electron chi connectivity index (χ3n) is 2.40. The fourth-order valence-electron chi connectivity index (χ4n) is 1.48. The van der Waals surface area contributed by atoms with Crippen LogP contribution in [0.25, 0.3) is 11.3 Å². The van der Waals surface area contributed by atoms with Crippen molar-refractivity contribution in [3.63, 3.8) is 0 Å². The molecule has 0 aliphatic heterocycles. The lowest BCUT2D eigenvalue weighted by Crippen LogP contribution is -1.99. The van der Waals surface area contributed by atoms with Gasteiger partial charge in [-0.1, -0.05) is 18.5 Å². The van der Waals surface area contributed by atoms with Gasteiger partial charge in [-0.25, -0.2) is 9.97 Å². The van der Waals surface area contributed by atoms with Gasteiger partial charge in [0.1, 0.15) is 11.0 Å². The summed E-state index contributed by atoms with van der Waals surface area (Å²) in [6.07, 6.45) is 4.27. The summed E-state index contributed by atoms with van der Waals surface area (Å²) in [5, 5.41) is 0.527. The van der Waals surface area contributed by atoms with Crippen LogP contribution in [0.2, 0.25) is 5.15 Å². The lowest BCUT2D eigenvalue weighted by atomic mass is 10.1. The third kappa shape index (κ3) is 2.04. The molecule has 4 heteroatoms. The van der Waals surface area contributed by atoms with E-state index in [1.165, 1.54) is 0 Å². The lowest BCUT2D eigenvalue weighted by Gasteiger charge is -2.08. The Morgan fingerprint density at radius 3 is 2.50 bits per heavy atom. The Kier molecular flexibility index (Phi) is 3.15. The second-order valence-corrected chi connectivity index (χ2v) is 3.85. The van der Waals surface area contributed by atoms with Crippen LogP contribution in [-0.4, -0.2) is 15.0 Å². The molecule has 2 aromatic rings. The first kappa shape index (κ1) is 11.0. The van der Waals surface area contributed by atoms with Gasteiger partial charge in [-0.15, -0.1) is 0 Å². The number of aromatic nitrogens is 3. The Bertz CT molecular complexity index is 497. The van der Waals surface area contributed by atoms with Crippen LogP contribution in [0.1, 0.15) is 18.3 Å². The van der Waals surface area contributed by atoms with Gasteiger partial charge >= 0.3 is 0 Å². The maximum atomic E-state index is 6.08. The minimum absolute atomic E-state index is 0.527. The second kappa shape index (κ2) is 4.58. The molecule has 0 aromatic carbocycles. The van der Waals surface area contributed by atoms with Crippen LogP contribution in [0.3, 0.4) is 0 Å². The van der Waals surface area contributed by atoms with Gasteiger partial charge in [-0.3, -0.25) is 4.98 Å². The highest BCUT2D eigenvalue weighted by molar-refractivity contribution is 6.30. The predicted octanol–water partition coefficient (Wildman–Crippen LogP) is 3.06. The first-order chi connectivity index (χ1) is 7.72. The number of hydrogen-bond donors (Lipinski definition) is 0. The third-order valence-corrected chi connectivity index (χ3v) is 2.77. The Hall–Kier alpha value is -1.48. The summed E-state index contributed by atoms with van der Waals surface area (Å²) < 4.78 is 0. The van der Waals surface area contributed by atoms with Crippen LogP contribution in [0.5, 0.6) is 0 Å². The molecule has 0 spiro atoms. The summed E-state index contributed by atoms with van der Waals surface area (Å²) in [4.78, 5) is 12.7. The van der Waals surface area contributed by atoms with Crippen LogP contribution in [-0.2, 0) is 6.42 Å². The van der Waals surface area contributed by atoms with Gasteiger partial charge in [0.15, 0.2) is 0 Å². The zero-order valence-electron chi connectivity index (χ0n) is 9.24. The van der Waals surface area contributed by atoms with E-state index in [1.807, 2.05) is 26.0 Å². The van der Waals surface area contributed by atoms with Crippen molar-refractivity contribution in [2.24, 2.45) is 0 Å². The smallest absolute Gasteiger partial charge is 0.136 e. The van der Waals surface area contributed by atoms with E-state index in [0.717, 1.165) is 29.1 Å². The van der Waals surface area contributed by atoms with E-state index in [1.54, 1.807) is 12.4 Å². The van der Waals surface area contributed by atoms with Crippen molar-refractivity contribution in [3.05, 3.63) is 41.1 Å². The van der Waals surface area contributed by atoms with E-state index < -0.39 is 0 Å². The molecule has 0 aliphatic carbocycles. The SMILES string of the molecule is CCc1nc(Cl)c(C)c(-c2ccncc2)n1. The van der Waals surface area contributed by atoms with E-state index in [-0.39, 0.29) is 0 Å². The van der Waals surface area contributed by atoms with E-state index in [0.29, 0.717) is 5.15 Å². The average Bonchev–Trinajstić information content (AvgIpc) is 2.33. The molecule has 0 saturated heterocycles. The van der Waals surface area contributed by atoms with Gasteiger partial charge in [0, 0.05) is 29.9 Å². The minimum Gasteiger partial charge on any atom is -0.265 e. The largest absolute Gasteiger partial charge is 0.265 e. The Morgan fingerprint density at radius 2 is 1.88 bits per heavy atom. The summed E-state index contributed by atoms with van der Waals surface area (Å²) in [6.45, 7) is 3.94. The van der Waals surface area contributed by atoms with E-state index >= 15 is 0 Å². The standard InChI is InChI=1S/C12H12ClN3/c1-3-10-15-11(8(2)12(13)16-10)9-4-6-14-7-5-9/h4-7H,3H2,1-2H3. The zero-order chi connectivity index (χ0) is 11.5. The van der Waals surface area contributed by atoms with Crippen LogP contribution in [0.4, 0.5) is 0 Å². The molecule has 2 heterocycles. The number of halogens is 1. The van der Waals surface area contributed by atoms with Gasteiger partial charge in [0.2, 0.25) is 0 Å². The summed E-state index contributed by atoms with van der Waals surface area (Å²) in [5.74, 6) is 0.766. The predicted molar refractivity (Wildman–Crippen MR) is 64.4 cm³/mol. The maximum absolute atomic E-state index is 6.08. The maximum Gasteiger partial charge on any atom is 0.136 e. The Morgan fingerprint density at radius 1 is 1.19 bits per heavy atom. The Labute approximate surface area is 99.5 Å². The molecule has 0 radical (unpaired) electrons. The van der Waals surface area contributed by atoms with Crippen LogP contribution in [0, 0.1) is 6.92 Å². The van der Waals surface area contributed by atoms with Crippen molar-refractivity contribution in [3.8, 4) is 11.3 Å². The quantitative estimate of drug-likeness (QED) is 0.749. The van der Waals surface area contributed by atoms with Gasteiger partial charge < -0.3 is 0 Å². The van der Waals surface area contributed by atoms with Crippen LogP contribution < -0.4 is 0 Å². The number of rotatable bonds is 2. The van der Waals surface area contributed by atoms with E-state index in [9.17, 15) is 0 Å². The first-order valence-electron chi connectivity index (χ1n) is 5.15. The van der Waals surface area contributed by atoms with Crippen molar-refractivity contribution < 1.29 is 0 Å². The number of nitrogens with zero attached hydrogens (tertiary/aromatic N) is 3. The first-order valence-corrected chi connectivity index (χ1v) is 5.53. The van der Waals surface area contributed by atoms with Crippen molar-refractivity contribution in [1.29, 1.82) is 0 Å². The summed E-state index contributed by atoms with van der Waals surface area (Å²) in [7, 11) is 0. The molecule has 0 atom stereocenters. The average molecular weight is 234 g/mol. The highest BCUT2D eigenvalue weighted by Crippen LogP contribution is 2.25. The second-order valence-electron chi connectivity index (χ2n) is 3.49. The molecule has 16 heavy (non-hydrogen) atoms. The highest BCUT2D eigenvalue weighted by atomic mass is 35.5. The highest BCUT2D eigenvalue weighted by Gasteiger charge is 2.09. The molecule has 0 unspecified atom stereocenters. The van der Waals surface area contributed by atoms with Crippen molar-refractivity contribution in [1.82, 2.24) is 15.0 Å². The zero-order valence-corrected chi connectivity index (χ0v) is 9.99. The molecular formula is C12H12ClN3. The number of pyridine rings is 1. The summed E-state index contributed by atoms with van der Waals surface area (Å²) in [6, 6.07) is 3.84. The fraction of sp³-hybridized carbons (Fsp3) is 0.250. The summed E-state index contributed by atoms with van der Waals surface area (Å²) in [5.41, 5.74) is 2.82. The van der Waals surface area contributed by atoms with Crippen molar-refractivity contribution in [2.45, 2.75) is 20.3 Å². The number of hydrogen-bond acceptors (Lipinski definition) is 3. The molecule has 82 valence electrons. The minimum atomic E-state index is 0.527. The summed E-state index contributed by atoms with van der Waals surface area (Å²) >= 11 is 6.08. The molecule has 0 bridgehead atoms. The molecule has 2 rings (SSSR count). The van der Waals surface area contributed by atoms with Crippen molar-refractivity contribution >= 4 is 11.6 Å². The topological polar surface area (TPSA) is 38.7 Å². The molecule has 0 N–H and O–H groups in total. The molecule has 0 amide bonds. The monoisotopic (exact) mass is 233 g/mol. The van der Waals surface area contributed by atoms with Gasteiger partial charge in [0.05, 0.1) is 5.69 Å². The molecule has 0 fully saturated rings. The normalized spacial score (nSPS) is 10.4. The van der Waals surface area contributed by atoms with Gasteiger partial charge in [-0.05, 0) is 19.1 Å².